The molecule has 0 aliphatic carbocycles. The fraction of sp³-hybridized carbons (Fsp3) is 0.240. The molecule has 168 valence electrons. The third-order valence-corrected chi connectivity index (χ3v) is 6.60. The fourth-order valence-corrected chi connectivity index (χ4v) is 4.58. The number of aryl methyl sites for hydroxylation is 1. The molecule has 0 aromatic heterocycles. The van der Waals surface area contributed by atoms with Crippen LogP contribution in [0.2, 0.25) is 0 Å². The number of nitrogens with one attached hydrogen (secondary N) is 1. The standard InChI is InChI=1S/C25H27NO5S/c1-30-22-15-17-23(18-16-22)32(28,29)26-25(20-8-4-3-5-9-20)21-13-11-19(12-14-21)7-6-10-24(27)31-2/h3-5,8-9,11-18,25-26H,6-7,10H2,1-2H3. The SMILES string of the molecule is COC(=O)CCCc1ccc(C(NS(=O)(=O)c2ccc(OC)cc2)c2ccccc2)cc1. The lowest BCUT2D eigenvalue weighted by molar-refractivity contribution is -0.140. The Morgan fingerprint density at radius 3 is 2.09 bits per heavy atom. The summed E-state index contributed by atoms with van der Waals surface area (Å²) in [5, 5.41) is 0. The zero-order valence-corrected chi connectivity index (χ0v) is 19.0. The first-order chi connectivity index (χ1) is 15.4. The van der Waals surface area contributed by atoms with Gasteiger partial charge in [0.15, 0.2) is 0 Å². The summed E-state index contributed by atoms with van der Waals surface area (Å²) in [6.07, 6.45) is 1.80. The van der Waals surface area contributed by atoms with Crippen LogP contribution in [0.4, 0.5) is 0 Å². The van der Waals surface area contributed by atoms with Gasteiger partial charge in [-0.1, -0.05) is 54.6 Å². The van der Waals surface area contributed by atoms with Gasteiger partial charge in [-0.2, -0.15) is 4.72 Å². The van der Waals surface area contributed by atoms with Crippen LogP contribution in [0.5, 0.6) is 5.75 Å². The van der Waals surface area contributed by atoms with E-state index >= 15 is 0 Å². The summed E-state index contributed by atoms with van der Waals surface area (Å²) >= 11 is 0. The van der Waals surface area contributed by atoms with Crippen molar-refractivity contribution in [3.8, 4) is 5.75 Å². The summed E-state index contributed by atoms with van der Waals surface area (Å²) < 4.78 is 38.8. The predicted molar refractivity (Wildman–Crippen MR) is 123 cm³/mol. The van der Waals surface area contributed by atoms with Gasteiger partial charge in [-0.15, -0.1) is 0 Å². The van der Waals surface area contributed by atoms with E-state index in [4.69, 9.17) is 4.74 Å². The maximum Gasteiger partial charge on any atom is 0.305 e. The molecule has 0 amide bonds. The van der Waals surface area contributed by atoms with Crippen molar-refractivity contribution in [2.75, 3.05) is 14.2 Å². The lowest BCUT2D eigenvalue weighted by atomic mass is 9.97. The van der Waals surface area contributed by atoms with E-state index in [9.17, 15) is 13.2 Å². The highest BCUT2D eigenvalue weighted by Crippen LogP contribution is 2.26. The first kappa shape index (κ1) is 23.5. The molecule has 0 fully saturated rings. The van der Waals surface area contributed by atoms with Gasteiger partial charge >= 0.3 is 5.97 Å². The molecule has 1 atom stereocenters. The van der Waals surface area contributed by atoms with Gasteiger partial charge in [0.25, 0.3) is 0 Å². The van der Waals surface area contributed by atoms with Crippen molar-refractivity contribution in [2.24, 2.45) is 0 Å². The smallest absolute Gasteiger partial charge is 0.305 e. The molecule has 0 aliphatic heterocycles. The van der Waals surface area contributed by atoms with Crippen LogP contribution in [0.25, 0.3) is 0 Å². The van der Waals surface area contributed by atoms with Gasteiger partial charge in [-0.25, -0.2) is 8.42 Å². The predicted octanol–water partition coefficient (Wildman–Crippen LogP) is 4.26. The average Bonchev–Trinajstić information content (AvgIpc) is 2.83. The van der Waals surface area contributed by atoms with E-state index in [1.807, 2.05) is 54.6 Å². The van der Waals surface area contributed by atoms with Gasteiger partial charge in [0, 0.05) is 6.42 Å². The van der Waals surface area contributed by atoms with Gasteiger partial charge in [0.2, 0.25) is 10.0 Å². The van der Waals surface area contributed by atoms with E-state index in [1.165, 1.54) is 26.4 Å². The van der Waals surface area contributed by atoms with Crippen molar-refractivity contribution in [1.29, 1.82) is 0 Å². The Labute approximate surface area is 189 Å². The monoisotopic (exact) mass is 453 g/mol. The fourth-order valence-electron chi connectivity index (χ4n) is 3.37. The maximum absolute atomic E-state index is 13.1. The minimum atomic E-state index is -3.77. The summed E-state index contributed by atoms with van der Waals surface area (Å²) in [5.41, 5.74) is 2.73. The molecule has 0 spiro atoms. The topological polar surface area (TPSA) is 81.7 Å². The Hall–Kier alpha value is -3.16. The zero-order chi connectivity index (χ0) is 23.0. The summed E-state index contributed by atoms with van der Waals surface area (Å²) in [4.78, 5) is 11.5. The molecule has 0 heterocycles. The Balaban J connectivity index is 1.83. The molecular weight excluding hydrogens is 426 g/mol. The van der Waals surface area contributed by atoms with E-state index < -0.39 is 16.1 Å². The van der Waals surface area contributed by atoms with Gasteiger partial charge in [-0.05, 0) is 53.8 Å². The van der Waals surface area contributed by atoms with Crippen molar-refractivity contribution < 1.29 is 22.7 Å². The minimum Gasteiger partial charge on any atom is -0.497 e. The van der Waals surface area contributed by atoms with Crippen LogP contribution in [0.15, 0.2) is 83.8 Å². The molecule has 6 nitrogen and oxygen atoms in total. The molecule has 0 saturated carbocycles. The van der Waals surface area contributed by atoms with Crippen molar-refractivity contribution in [3.05, 3.63) is 95.6 Å². The highest BCUT2D eigenvalue weighted by atomic mass is 32.2. The number of hydrogen-bond donors (Lipinski definition) is 1. The largest absolute Gasteiger partial charge is 0.497 e. The van der Waals surface area contributed by atoms with E-state index in [-0.39, 0.29) is 10.9 Å². The van der Waals surface area contributed by atoms with Crippen LogP contribution in [-0.4, -0.2) is 28.6 Å². The third-order valence-electron chi connectivity index (χ3n) is 5.16. The molecule has 1 unspecified atom stereocenters. The molecule has 3 rings (SSSR count). The Bertz CT molecular complexity index is 1110. The molecule has 0 radical (unpaired) electrons. The first-order valence-electron chi connectivity index (χ1n) is 10.3. The van der Waals surface area contributed by atoms with Gasteiger partial charge < -0.3 is 9.47 Å². The molecule has 0 saturated heterocycles. The second-order valence-corrected chi connectivity index (χ2v) is 9.03. The average molecular weight is 454 g/mol. The van der Waals surface area contributed by atoms with Crippen LogP contribution in [-0.2, 0) is 26.0 Å². The molecule has 0 aliphatic rings. The van der Waals surface area contributed by atoms with E-state index in [2.05, 4.69) is 9.46 Å². The van der Waals surface area contributed by atoms with E-state index in [0.717, 1.165) is 23.1 Å². The Morgan fingerprint density at radius 1 is 0.875 bits per heavy atom. The lowest BCUT2D eigenvalue weighted by Crippen LogP contribution is -2.29. The van der Waals surface area contributed by atoms with Gasteiger partial charge in [0.05, 0.1) is 25.2 Å². The third kappa shape index (κ3) is 6.18. The van der Waals surface area contributed by atoms with Crippen molar-refractivity contribution in [3.63, 3.8) is 0 Å². The molecule has 0 bridgehead atoms. The van der Waals surface area contributed by atoms with Crippen LogP contribution in [0, 0.1) is 0 Å². The van der Waals surface area contributed by atoms with Gasteiger partial charge in [-0.3, -0.25) is 4.79 Å². The quantitative estimate of drug-likeness (QED) is 0.464. The molecule has 32 heavy (non-hydrogen) atoms. The molecule has 3 aromatic carbocycles. The lowest BCUT2D eigenvalue weighted by Gasteiger charge is -2.20. The van der Waals surface area contributed by atoms with Crippen LogP contribution < -0.4 is 9.46 Å². The second-order valence-electron chi connectivity index (χ2n) is 7.31. The minimum absolute atomic E-state index is 0.165. The van der Waals surface area contributed by atoms with E-state index in [0.29, 0.717) is 18.6 Å². The normalized spacial score (nSPS) is 12.2. The van der Waals surface area contributed by atoms with Crippen molar-refractivity contribution >= 4 is 16.0 Å². The number of sulfonamides is 1. The highest BCUT2D eigenvalue weighted by Gasteiger charge is 2.23. The number of rotatable bonds is 10. The number of benzene rings is 3. The first-order valence-corrected chi connectivity index (χ1v) is 11.8. The number of hydrogen-bond acceptors (Lipinski definition) is 5. The van der Waals surface area contributed by atoms with E-state index in [1.54, 1.807) is 12.1 Å². The molecule has 7 heteroatoms. The molecule has 1 N–H and O–H groups in total. The Kier molecular flexibility index (Phi) is 8.03. The summed E-state index contributed by atoms with van der Waals surface area (Å²) in [6.45, 7) is 0. The summed E-state index contributed by atoms with van der Waals surface area (Å²) in [7, 11) is -0.858. The van der Waals surface area contributed by atoms with Crippen LogP contribution in [0.1, 0.15) is 35.6 Å². The van der Waals surface area contributed by atoms with Crippen molar-refractivity contribution in [1.82, 2.24) is 4.72 Å². The number of carbonyl (C=O) groups excluding carboxylic acids is 1. The second kappa shape index (κ2) is 10.9. The highest BCUT2D eigenvalue weighted by molar-refractivity contribution is 7.89. The Morgan fingerprint density at radius 2 is 1.50 bits per heavy atom. The van der Waals surface area contributed by atoms with Crippen molar-refractivity contribution in [2.45, 2.75) is 30.2 Å². The number of methoxy groups -OCH3 is 2. The van der Waals surface area contributed by atoms with Gasteiger partial charge in [0.1, 0.15) is 5.75 Å². The summed E-state index contributed by atoms with van der Waals surface area (Å²) in [6, 6.07) is 22.9. The summed E-state index contributed by atoms with van der Waals surface area (Å²) in [5.74, 6) is 0.366. The number of ether oxygens (including phenoxy) is 2. The maximum atomic E-state index is 13.1. The number of carbonyl (C=O) groups is 1. The molecule has 3 aromatic rings. The molecular formula is C25H27NO5S. The zero-order valence-electron chi connectivity index (χ0n) is 18.2. The van der Waals surface area contributed by atoms with Crippen LogP contribution >= 0.6 is 0 Å². The number of esters is 1. The van der Waals surface area contributed by atoms with Crippen LogP contribution in [0.3, 0.4) is 0 Å².